The molecule has 0 aromatic carbocycles. The molecule has 0 amide bonds. The second-order valence-electron chi connectivity index (χ2n) is 6.59. The smallest absolute Gasteiger partial charge is 0.303 e. The van der Waals surface area contributed by atoms with E-state index in [2.05, 4.69) is 4.90 Å². The summed E-state index contributed by atoms with van der Waals surface area (Å²) < 4.78 is 23.6. The molecule has 122 valence electrons. The molecule has 0 radical (unpaired) electrons. The van der Waals surface area contributed by atoms with Crippen molar-refractivity contribution in [3.8, 4) is 0 Å². The van der Waals surface area contributed by atoms with Crippen LogP contribution in [0.5, 0.6) is 0 Å². The molecule has 1 saturated heterocycles. The van der Waals surface area contributed by atoms with Crippen molar-refractivity contribution in [3.63, 3.8) is 0 Å². The van der Waals surface area contributed by atoms with E-state index in [1.54, 1.807) is 0 Å². The average molecular weight is 317 g/mol. The van der Waals surface area contributed by atoms with Gasteiger partial charge in [0.15, 0.2) is 0 Å². The van der Waals surface area contributed by atoms with Crippen LogP contribution in [0.2, 0.25) is 0 Å². The van der Waals surface area contributed by atoms with Gasteiger partial charge < -0.3 is 5.11 Å². The summed E-state index contributed by atoms with van der Waals surface area (Å²) in [6.45, 7) is 0.992. The van der Waals surface area contributed by atoms with E-state index in [1.165, 1.54) is 6.26 Å². The minimum atomic E-state index is -2.96. The first-order valence-electron chi connectivity index (χ1n) is 8.04. The largest absolute Gasteiger partial charge is 0.481 e. The Morgan fingerprint density at radius 1 is 1.19 bits per heavy atom. The molecule has 0 bridgehead atoms. The summed E-state index contributed by atoms with van der Waals surface area (Å²) >= 11 is 0. The molecule has 6 heteroatoms. The van der Waals surface area contributed by atoms with Crippen molar-refractivity contribution >= 4 is 15.8 Å². The summed E-state index contributed by atoms with van der Waals surface area (Å²) in [5, 5.41) is 8.68. The number of aliphatic carboxylic acids is 1. The Morgan fingerprint density at radius 2 is 1.95 bits per heavy atom. The minimum Gasteiger partial charge on any atom is -0.481 e. The topological polar surface area (TPSA) is 74.7 Å². The summed E-state index contributed by atoms with van der Waals surface area (Å²) in [5.41, 5.74) is 0. The summed E-state index contributed by atoms with van der Waals surface area (Å²) in [7, 11) is -2.96. The lowest BCUT2D eigenvalue weighted by Gasteiger charge is -2.44. The standard InChI is InChI=1S/C15H27NO4S/c1-21(19,20)14-7-4-6-13(11-14)16-10-3-2-5-12(16)8-9-15(17)18/h12-14H,2-11H2,1H3,(H,17,18). The Balaban J connectivity index is 2.01. The third kappa shape index (κ3) is 4.68. The van der Waals surface area contributed by atoms with Gasteiger partial charge in [-0.3, -0.25) is 9.69 Å². The van der Waals surface area contributed by atoms with Gasteiger partial charge in [-0.2, -0.15) is 0 Å². The quantitative estimate of drug-likeness (QED) is 0.840. The van der Waals surface area contributed by atoms with Gasteiger partial charge in [0.2, 0.25) is 0 Å². The third-order valence-corrected chi connectivity index (χ3v) is 6.68. The van der Waals surface area contributed by atoms with E-state index >= 15 is 0 Å². The van der Waals surface area contributed by atoms with Crippen molar-refractivity contribution in [2.24, 2.45) is 0 Å². The number of sulfone groups is 1. The molecule has 0 aromatic heterocycles. The van der Waals surface area contributed by atoms with Crippen molar-refractivity contribution in [2.45, 2.75) is 75.1 Å². The van der Waals surface area contributed by atoms with E-state index in [0.717, 1.165) is 51.5 Å². The molecule has 21 heavy (non-hydrogen) atoms. The van der Waals surface area contributed by atoms with E-state index in [0.29, 0.717) is 18.5 Å². The number of carboxylic acids is 1. The van der Waals surface area contributed by atoms with Gasteiger partial charge >= 0.3 is 5.97 Å². The summed E-state index contributed by atoms with van der Waals surface area (Å²) in [6, 6.07) is 0.635. The van der Waals surface area contributed by atoms with E-state index in [9.17, 15) is 13.2 Å². The first-order valence-corrected chi connectivity index (χ1v) is 10.00. The van der Waals surface area contributed by atoms with Gasteiger partial charge in [-0.1, -0.05) is 12.8 Å². The van der Waals surface area contributed by atoms with Crippen molar-refractivity contribution in [2.75, 3.05) is 12.8 Å². The Kier molecular flexibility index (Phi) is 5.66. The van der Waals surface area contributed by atoms with E-state index in [4.69, 9.17) is 5.11 Å². The highest BCUT2D eigenvalue weighted by Crippen LogP contribution is 2.32. The number of rotatable bonds is 5. The molecule has 2 fully saturated rings. The third-order valence-electron chi connectivity index (χ3n) is 5.04. The maximum absolute atomic E-state index is 11.8. The van der Waals surface area contributed by atoms with E-state index in [1.807, 2.05) is 0 Å². The fourth-order valence-electron chi connectivity index (χ4n) is 3.91. The lowest BCUT2D eigenvalue weighted by molar-refractivity contribution is -0.137. The second-order valence-corrected chi connectivity index (χ2v) is 8.92. The zero-order valence-corrected chi connectivity index (χ0v) is 13.6. The number of likely N-dealkylation sites (tertiary alicyclic amines) is 1. The van der Waals surface area contributed by atoms with Gasteiger partial charge in [0.1, 0.15) is 9.84 Å². The van der Waals surface area contributed by atoms with Crippen LogP contribution in [0, 0.1) is 0 Å². The van der Waals surface area contributed by atoms with Gasteiger partial charge in [0, 0.05) is 24.8 Å². The summed E-state index contributed by atoms with van der Waals surface area (Å²) in [6.07, 6.45) is 9.11. The lowest BCUT2D eigenvalue weighted by Crippen LogP contribution is -2.49. The van der Waals surface area contributed by atoms with Gasteiger partial charge in [0.05, 0.1) is 5.25 Å². The van der Waals surface area contributed by atoms with Crippen LogP contribution in [0.3, 0.4) is 0 Å². The Labute approximate surface area is 127 Å². The van der Waals surface area contributed by atoms with Gasteiger partial charge in [-0.05, 0) is 45.1 Å². The maximum Gasteiger partial charge on any atom is 0.303 e. The fraction of sp³-hybridized carbons (Fsp3) is 0.933. The SMILES string of the molecule is CS(=O)(=O)C1CCCC(N2CCCCC2CCC(=O)O)C1. The van der Waals surface area contributed by atoms with E-state index in [-0.39, 0.29) is 11.7 Å². The zero-order valence-electron chi connectivity index (χ0n) is 12.8. The minimum absolute atomic E-state index is 0.210. The summed E-state index contributed by atoms with van der Waals surface area (Å²) in [4.78, 5) is 13.2. The van der Waals surface area contributed by atoms with Crippen molar-refractivity contribution in [3.05, 3.63) is 0 Å². The Bertz CT molecular complexity index is 462. The van der Waals surface area contributed by atoms with Crippen LogP contribution in [0.1, 0.15) is 57.8 Å². The highest BCUT2D eigenvalue weighted by molar-refractivity contribution is 7.91. The molecule has 1 aliphatic heterocycles. The molecule has 1 heterocycles. The van der Waals surface area contributed by atoms with Crippen LogP contribution in [-0.2, 0) is 14.6 Å². The lowest BCUT2D eigenvalue weighted by atomic mass is 9.88. The number of carbonyl (C=O) groups is 1. The summed E-state index contributed by atoms with van der Waals surface area (Å²) in [5.74, 6) is -0.738. The van der Waals surface area contributed by atoms with Crippen molar-refractivity contribution in [1.29, 1.82) is 0 Å². The fourth-order valence-corrected chi connectivity index (χ4v) is 5.08. The molecule has 1 saturated carbocycles. The normalized spacial score (nSPS) is 32.0. The second kappa shape index (κ2) is 7.09. The Morgan fingerprint density at radius 3 is 2.62 bits per heavy atom. The number of hydrogen-bond acceptors (Lipinski definition) is 4. The predicted octanol–water partition coefficient (Wildman–Crippen LogP) is 2.06. The highest BCUT2D eigenvalue weighted by atomic mass is 32.2. The number of hydrogen-bond donors (Lipinski definition) is 1. The van der Waals surface area contributed by atoms with Gasteiger partial charge in [-0.25, -0.2) is 8.42 Å². The molecule has 0 aromatic rings. The molecule has 2 aliphatic rings. The number of piperidine rings is 1. The van der Waals surface area contributed by atoms with Crippen LogP contribution < -0.4 is 0 Å². The molecule has 3 unspecified atom stereocenters. The van der Waals surface area contributed by atoms with Crippen LogP contribution in [0.15, 0.2) is 0 Å². The van der Waals surface area contributed by atoms with Gasteiger partial charge in [0.25, 0.3) is 0 Å². The van der Waals surface area contributed by atoms with Crippen molar-refractivity contribution in [1.82, 2.24) is 4.90 Å². The molecule has 3 atom stereocenters. The average Bonchev–Trinajstić information content (AvgIpc) is 2.44. The van der Waals surface area contributed by atoms with Crippen LogP contribution in [0.4, 0.5) is 0 Å². The maximum atomic E-state index is 11.8. The van der Waals surface area contributed by atoms with E-state index < -0.39 is 15.8 Å². The molecule has 2 rings (SSSR count). The predicted molar refractivity (Wildman–Crippen MR) is 82.1 cm³/mol. The molecular weight excluding hydrogens is 290 g/mol. The highest BCUT2D eigenvalue weighted by Gasteiger charge is 2.35. The Hall–Kier alpha value is -0.620. The first-order chi connectivity index (χ1) is 9.88. The van der Waals surface area contributed by atoms with Crippen LogP contribution in [0.25, 0.3) is 0 Å². The zero-order chi connectivity index (χ0) is 15.5. The molecule has 1 N–H and O–H groups in total. The molecule has 0 spiro atoms. The number of nitrogens with zero attached hydrogens (tertiary/aromatic N) is 1. The first kappa shape index (κ1) is 16.7. The molecule has 5 nitrogen and oxygen atoms in total. The number of carboxylic acid groups (broad SMARTS) is 1. The van der Waals surface area contributed by atoms with Crippen molar-refractivity contribution < 1.29 is 18.3 Å². The van der Waals surface area contributed by atoms with Crippen LogP contribution >= 0.6 is 0 Å². The molecular formula is C15H27NO4S. The monoisotopic (exact) mass is 317 g/mol. The van der Waals surface area contributed by atoms with Crippen LogP contribution in [-0.4, -0.2) is 54.5 Å². The van der Waals surface area contributed by atoms with Gasteiger partial charge in [-0.15, -0.1) is 0 Å². The molecule has 1 aliphatic carbocycles.